The summed E-state index contributed by atoms with van der Waals surface area (Å²) in [5.41, 5.74) is 11.7. The molecule has 0 aliphatic rings. The summed E-state index contributed by atoms with van der Waals surface area (Å²) in [4.78, 5) is 17.5. The Morgan fingerprint density at radius 1 is 1.50 bits per heavy atom. The van der Waals surface area contributed by atoms with Gasteiger partial charge in [-0.1, -0.05) is 0 Å². The second-order valence-electron chi connectivity index (χ2n) is 3.78. The van der Waals surface area contributed by atoms with Crippen molar-refractivity contribution >= 4 is 17.4 Å². The molecule has 6 heteroatoms. The highest BCUT2D eigenvalue weighted by Gasteiger charge is 2.15. The lowest BCUT2D eigenvalue weighted by Gasteiger charge is -2.23. The molecule has 100 valence electrons. The molecule has 0 bridgehead atoms. The van der Waals surface area contributed by atoms with Gasteiger partial charge < -0.3 is 21.1 Å². The molecule has 0 radical (unpaired) electrons. The highest BCUT2D eigenvalue weighted by molar-refractivity contribution is 5.98. The molecule has 6 nitrogen and oxygen atoms in total. The molecule has 1 heterocycles. The number of anilines is 2. The number of carbonyl (C=O) groups excluding carboxylic acids is 1. The van der Waals surface area contributed by atoms with Crippen LogP contribution >= 0.6 is 0 Å². The number of rotatable bonds is 7. The third-order valence-corrected chi connectivity index (χ3v) is 2.54. The quantitative estimate of drug-likeness (QED) is 0.694. The van der Waals surface area contributed by atoms with Gasteiger partial charge in [0.15, 0.2) is 0 Å². The van der Waals surface area contributed by atoms with Crippen molar-refractivity contribution in [1.82, 2.24) is 4.98 Å². The fourth-order valence-corrected chi connectivity index (χ4v) is 1.64. The minimum Gasteiger partial charge on any atom is -0.397 e. The van der Waals surface area contributed by atoms with Gasteiger partial charge in [0.25, 0.3) is 5.91 Å². The zero-order chi connectivity index (χ0) is 13.5. The van der Waals surface area contributed by atoms with Crippen LogP contribution < -0.4 is 16.4 Å². The van der Waals surface area contributed by atoms with Crippen molar-refractivity contribution in [3.05, 3.63) is 17.8 Å². The lowest BCUT2D eigenvalue weighted by atomic mass is 10.2. The molecule has 18 heavy (non-hydrogen) atoms. The molecule has 0 unspecified atom stereocenters. The van der Waals surface area contributed by atoms with Crippen molar-refractivity contribution in [2.45, 2.75) is 13.8 Å². The SMILES string of the molecule is CCOCCN(CC)c1ncc(N)cc1C(N)=O. The Hall–Kier alpha value is -1.82. The smallest absolute Gasteiger partial charge is 0.252 e. The Bertz CT molecular complexity index is 409. The van der Waals surface area contributed by atoms with Crippen molar-refractivity contribution in [3.8, 4) is 0 Å². The van der Waals surface area contributed by atoms with Gasteiger partial charge in [-0.25, -0.2) is 4.98 Å². The van der Waals surface area contributed by atoms with Crippen LogP contribution in [0.2, 0.25) is 0 Å². The summed E-state index contributed by atoms with van der Waals surface area (Å²) in [6.07, 6.45) is 1.52. The monoisotopic (exact) mass is 252 g/mol. The van der Waals surface area contributed by atoms with E-state index in [-0.39, 0.29) is 0 Å². The lowest BCUT2D eigenvalue weighted by Crippen LogP contribution is -2.30. The highest BCUT2D eigenvalue weighted by Crippen LogP contribution is 2.19. The van der Waals surface area contributed by atoms with Crippen LogP contribution in [0.3, 0.4) is 0 Å². The Labute approximate surface area is 107 Å². The van der Waals surface area contributed by atoms with Crippen LogP contribution in [0.4, 0.5) is 11.5 Å². The van der Waals surface area contributed by atoms with Crippen LogP contribution in [0.1, 0.15) is 24.2 Å². The predicted octanol–water partition coefficient (Wildman–Crippen LogP) is 0.626. The van der Waals surface area contributed by atoms with Crippen LogP contribution in [-0.4, -0.2) is 37.2 Å². The molecule has 1 aromatic rings. The molecule has 0 saturated carbocycles. The number of amides is 1. The first-order chi connectivity index (χ1) is 8.60. The Morgan fingerprint density at radius 3 is 2.78 bits per heavy atom. The van der Waals surface area contributed by atoms with E-state index in [9.17, 15) is 4.79 Å². The minimum atomic E-state index is -0.528. The van der Waals surface area contributed by atoms with Gasteiger partial charge in [-0.15, -0.1) is 0 Å². The molecule has 1 amide bonds. The molecule has 1 rings (SSSR count). The Morgan fingerprint density at radius 2 is 2.22 bits per heavy atom. The zero-order valence-corrected chi connectivity index (χ0v) is 10.8. The van der Waals surface area contributed by atoms with E-state index in [0.717, 1.165) is 0 Å². The van der Waals surface area contributed by atoms with Crippen LogP contribution in [0.15, 0.2) is 12.3 Å². The van der Waals surface area contributed by atoms with Gasteiger partial charge in [0, 0.05) is 19.7 Å². The molecule has 0 spiro atoms. The van der Waals surface area contributed by atoms with E-state index in [4.69, 9.17) is 16.2 Å². The minimum absolute atomic E-state index is 0.341. The summed E-state index contributed by atoms with van der Waals surface area (Å²) >= 11 is 0. The van der Waals surface area contributed by atoms with E-state index in [1.807, 2.05) is 18.7 Å². The van der Waals surface area contributed by atoms with Gasteiger partial charge in [0.2, 0.25) is 0 Å². The fourth-order valence-electron chi connectivity index (χ4n) is 1.64. The van der Waals surface area contributed by atoms with Gasteiger partial charge in [0.1, 0.15) is 5.82 Å². The molecular weight excluding hydrogens is 232 g/mol. The summed E-state index contributed by atoms with van der Waals surface area (Å²) in [5.74, 6) is 0.0264. The largest absolute Gasteiger partial charge is 0.397 e. The maximum atomic E-state index is 11.4. The Balaban J connectivity index is 2.93. The molecule has 0 atom stereocenters. The summed E-state index contributed by atoms with van der Waals surface area (Å²) in [6.45, 7) is 6.52. The average Bonchev–Trinajstić information content (AvgIpc) is 2.35. The van der Waals surface area contributed by atoms with E-state index in [0.29, 0.717) is 43.4 Å². The first kappa shape index (κ1) is 14.2. The number of pyridine rings is 1. The van der Waals surface area contributed by atoms with E-state index >= 15 is 0 Å². The van der Waals surface area contributed by atoms with Crippen LogP contribution in [0.25, 0.3) is 0 Å². The molecule has 0 fully saturated rings. The number of likely N-dealkylation sites (N-methyl/N-ethyl adjacent to an activating group) is 1. The number of nitrogens with two attached hydrogens (primary N) is 2. The topological polar surface area (TPSA) is 94.5 Å². The molecule has 1 aromatic heterocycles. The lowest BCUT2D eigenvalue weighted by molar-refractivity contribution is 0.1000. The molecule has 0 aromatic carbocycles. The number of ether oxygens (including phenoxy) is 1. The van der Waals surface area contributed by atoms with E-state index < -0.39 is 5.91 Å². The highest BCUT2D eigenvalue weighted by atomic mass is 16.5. The third kappa shape index (κ3) is 3.59. The van der Waals surface area contributed by atoms with E-state index in [1.165, 1.54) is 6.20 Å². The third-order valence-electron chi connectivity index (χ3n) is 2.54. The number of hydrogen-bond acceptors (Lipinski definition) is 5. The molecule has 0 aliphatic heterocycles. The molecular formula is C12H20N4O2. The van der Waals surface area contributed by atoms with Gasteiger partial charge in [-0.05, 0) is 19.9 Å². The predicted molar refractivity (Wildman–Crippen MR) is 71.5 cm³/mol. The number of carbonyl (C=O) groups is 1. The number of nitrogens with zero attached hydrogens (tertiary/aromatic N) is 2. The van der Waals surface area contributed by atoms with Crippen molar-refractivity contribution in [1.29, 1.82) is 0 Å². The second kappa shape index (κ2) is 6.80. The number of nitrogen functional groups attached to an aromatic ring is 1. The first-order valence-corrected chi connectivity index (χ1v) is 5.98. The summed E-state index contributed by atoms with van der Waals surface area (Å²) in [5, 5.41) is 0. The van der Waals surface area contributed by atoms with E-state index in [2.05, 4.69) is 4.98 Å². The number of primary amides is 1. The average molecular weight is 252 g/mol. The van der Waals surface area contributed by atoms with Gasteiger partial charge >= 0.3 is 0 Å². The van der Waals surface area contributed by atoms with Gasteiger partial charge in [0.05, 0.1) is 24.1 Å². The standard InChI is InChI=1S/C12H20N4O2/c1-3-16(5-6-18-4-2)12-10(11(14)17)7-9(13)8-15-12/h7-8H,3-6,13H2,1-2H3,(H2,14,17). The van der Waals surface area contributed by atoms with Crippen molar-refractivity contribution in [2.75, 3.05) is 36.9 Å². The molecule has 0 aliphatic carbocycles. The fraction of sp³-hybridized carbons (Fsp3) is 0.500. The van der Waals surface area contributed by atoms with Crippen LogP contribution in [0.5, 0.6) is 0 Å². The normalized spacial score (nSPS) is 10.3. The number of aromatic nitrogens is 1. The molecule has 4 N–H and O–H groups in total. The maximum Gasteiger partial charge on any atom is 0.252 e. The summed E-state index contributed by atoms with van der Waals surface area (Å²) < 4.78 is 5.30. The molecule has 0 saturated heterocycles. The Kier molecular flexibility index (Phi) is 5.38. The van der Waals surface area contributed by atoms with Gasteiger partial charge in [-0.2, -0.15) is 0 Å². The van der Waals surface area contributed by atoms with Crippen LogP contribution in [-0.2, 0) is 4.74 Å². The second-order valence-corrected chi connectivity index (χ2v) is 3.78. The van der Waals surface area contributed by atoms with Crippen molar-refractivity contribution in [2.24, 2.45) is 5.73 Å². The summed E-state index contributed by atoms with van der Waals surface area (Å²) in [7, 11) is 0. The van der Waals surface area contributed by atoms with Gasteiger partial charge in [-0.3, -0.25) is 4.79 Å². The van der Waals surface area contributed by atoms with E-state index in [1.54, 1.807) is 6.07 Å². The maximum absolute atomic E-state index is 11.4. The first-order valence-electron chi connectivity index (χ1n) is 5.98. The zero-order valence-electron chi connectivity index (χ0n) is 10.8. The van der Waals surface area contributed by atoms with Crippen LogP contribution in [0, 0.1) is 0 Å². The van der Waals surface area contributed by atoms with Crippen molar-refractivity contribution < 1.29 is 9.53 Å². The summed E-state index contributed by atoms with van der Waals surface area (Å²) in [6, 6.07) is 1.55. The van der Waals surface area contributed by atoms with Crippen molar-refractivity contribution in [3.63, 3.8) is 0 Å². The number of hydrogen-bond donors (Lipinski definition) is 2.